The first-order valence-corrected chi connectivity index (χ1v) is 11.2. The molecule has 156 valence electrons. The van der Waals surface area contributed by atoms with Crippen molar-refractivity contribution in [3.8, 4) is 0 Å². The Labute approximate surface area is 176 Å². The van der Waals surface area contributed by atoms with Crippen molar-refractivity contribution in [2.75, 3.05) is 45.8 Å². The van der Waals surface area contributed by atoms with Crippen LogP contribution in [-0.4, -0.2) is 66.5 Å². The number of likely N-dealkylation sites (N-methyl/N-ethyl adjacent to an activating group) is 1. The molecule has 1 N–H and O–H groups in total. The Morgan fingerprint density at radius 2 is 1.86 bits per heavy atom. The maximum atomic E-state index is 13.0. The Morgan fingerprint density at radius 3 is 2.59 bits per heavy atom. The summed E-state index contributed by atoms with van der Waals surface area (Å²) in [6.07, 6.45) is 2.63. The summed E-state index contributed by atoms with van der Waals surface area (Å²) in [4.78, 5) is 21.9. The van der Waals surface area contributed by atoms with Crippen molar-refractivity contribution in [1.29, 1.82) is 0 Å². The van der Waals surface area contributed by atoms with Gasteiger partial charge in [-0.15, -0.1) is 11.8 Å². The van der Waals surface area contributed by atoms with Crippen molar-refractivity contribution in [3.63, 3.8) is 0 Å². The highest BCUT2D eigenvalue weighted by Crippen LogP contribution is 2.24. The van der Waals surface area contributed by atoms with Gasteiger partial charge in [-0.1, -0.05) is 19.1 Å². The summed E-state index contributed by atoms with van der Waals surface area (Å²) in [7, 11) is 0. The zero-order valence-corrected chi connectivity index (χ0v) is 17.8. The molecule has 1 aliphatic heterocycles. The standard InChI is InChI=1S/C22H29FN4OS/c1-2-26-13-15-27(16-14-26)12-4-11-24-21(28)20-5-3-10-25-22(20)29-17-18-6-8-19(23)9-7-18/h3,5-10H,2,4,11-17H2,1H3,(H,24,28). The third-order valence-electron chi connectivity index (χ3n) is 5.15. The number of nitrogens with one attached hydrogen (secondary N) is 1. The molecule has 0 bridgehead atoms. The third-order valence-corrected chi connectivity index (χ3v) is 6.23. The monoisotopic (exact) mass is 416 g/mol. The first-order chi connectivity index (χ1) is 14.2. The van der Waals surface area contributed by atoms with Crippen molar-refractivity contribution in [1.82, 2.24) is 20.1 Å². The van der Waals surface area contributed by atoms with Gasteiger partial charge in [-0.25, -0.2) is 9.37 Å². The highest BCUT2D eigenvalue weighted by molar-refractivity contribution is 7.98. The van der Waals surface area contributed by atoms with Gasteiger partial charge in [0.25, 0.3) is 5.91 Å². The number of piperazine rings is 1. The maximum absolute atomic E-state index is 13.0. The van der Waals surface area contributed by atoms with E-state index in [-0.39, 0.29) is 11.7 Å². The quantitative estimate of drug-likeness (QED) is 0.502. The summed E-state index contributed by atoms with van der Waals surface area (Å²) in [5.74, 6) is 0.306. The number of rotatable bonds is 9. The van der Waals surface area contributed by atoms with Crippen LogP contribution in [0, 0.1) is 5.82 Å². The van der Waals surface area contributed by atoms with Crippen LogP contribution in [0.5, 0.6) is 0 Å². The van der Waals surface area contributed by atoms with Crippen molar-refractivity contribution in [3.05, 3.63) is 59.5 Å². The molecule has 1 amide bonds. The lowest BCUT2D eigenvalue weighted by atomic mass is 10.2. The predicted molar refractivity (Wildman–Crippen MR) is 116 cm³/mol. The molecule has 1 aromatic carbocycles. The van der Waals surface area contributed by atoms with Crippen molar-refractivity contribution < 1.29 is 9.18 Å². The van der Waals surface area contributed by atoms with E-state index in [1.165, 1.54) is 23.9 Å². The number of carbonyl (C=O) groups is 1. The van der Waals surface area contributed by atoms with Crippen LogP contribution in [0.25, 0.3) is 0 Å². The number of thioether (sulfide) groups is 1. The molecule has 1 fully saturated rings. The number of aromatic nitrogens is 1. The normalized spacial score (nSPS) is 15.4. The van der Waals surface area contributed by atoms with Gasteiger partial charge in [0.2, 0.25) is 0 Å². The van der Waals surface area contributed by atoms with Crippen molar-refractivity contribution in [2.24, 2.45) is 0 Å². The Bertz CT molecular complexity index is 779. The highest BCUT2D eigenvalue weighted by Gasteiger charge is 2.16. The van der Waals surface area contributed by atoms with Crippen molar-refractivity contribution in [2.45, 2.75) is 24.1 Å². The van der Waals surface area contributed by atoms with Gasteiger partial charge in [-0.05, 0) is 49.3 Å². The summed E-state index contributed by atoms with van der Waals surface area (Å²) in [5, 5.41) is 3.72. The molecule has 3 rings (SSSR count). The Morgan fingerprint density at radius 1 is 1.14 bits per heavy atom. The van der Waals surface area contributed by atoms with Crippen LogP contribution in [0.15, 0.2) is 47.6 Å². The largest absolute Gasteiger partial charge is 0.352 e. The molecule has 0 saturated carbocycles. The van der Waals surface area contributed by atoms with Gasteiger partial charge in [0, 0.05) is 44.7 Å². The summed E-state index contributed by atoms with van der Waals surface area (Å²) in [5.41, 5.74) is 1.59. The highest BCUT2D eigenvalue weighted by atomic mass is 32.2. The second kappa shape index (κ2) is 11.3. The summed E-state index contributed by atoms with van der Waals surface area (Å²) >= 11 is 1.49. The van der Waals surface area contributed by atoms with E-state index >= 15 is 0 Å². The summed E-state index contributed by atoms with van der Waals surface area (Å²) in [6, 6.07) is 9.99. The van der Waals surface area contributed by atoms with Crippen LogP contribution in [0.3, 0.4) is 0 Å². The predicted octanol–water partition coefficient (Wildman–Crippen LogP) is 3.27. The molecule has 1 aliphatic rings. The van der Waals surface area contributed by atoms with Gasteiger partial charge in [-0.2, -0.15) is 0 Å². The van der Waals surface area contributed by atoms with Gasteiger partial charge >= 0.3 is 0 Å². The fourth-order valence-corrected chi connectivity index (χ4v) is 4.29. The minimum atomic E-state index is -0.246. The van der Waals surface area contributed by atoms with Gasteiger partial charge < -0.3 is 15.1 Å². The number of hydrogen-bond donors (Lipinski definition) is 1. The van der Waals surface area contributed by atoms with Crippen LogP contribution < -0.4 is 5.32 Å². The molecule has 29 heavy (non-hydrogen) atoms. The second-order valence-corrected chi connectivity index (χ2v) is 8.12. The lowest BCUT2D eigenvalue weighted by molar-refractivity contribution is 0.0944. The fourth-order valence-electron chi connectivity index (χ4n) is 3.34. The van der Waals surface area contributed by atoms with Gasteiger partial charge in [-0.3, -0.25) is 4.79 Å². The molecular formula is C22H29FN4OS. The van der Waals surface area contributed by atoms with Crippen LogP contribution >= 0.6 is 11.8 Å². The molecule has 0 spiro atoms. The van der Waals surface area contributed by atoms with Crippen molar-refractivity contribution >= 4 is 17.7 Å². The summed E-state index contributed by atoms with van der Waals surface area (Å²) in [6.45, 7) is 9.47. The molecule has 7 heteroatoms. The third kappa shape index (κ3) is 6.80. The molecular weight excluding hydrogens is 387 g/mol. The van der Waals surface area contributed by atoms with E-state index in [0.29, 0.717) is 22.9 Å². The van der Waals surface area contributed by atoms with E-state index in [4.69, 9.17) is 0 Å². The SMILES string of the molecule is CCN1CCN(CCCNC(=O)c2cccnc2SCc2ccc(F)cc2)CC1. The molecule has 1 saturated heterocycles. The average Bonchev–Trinajstić information content (AvgIpc) is 2.77. The molecule has 0 radical (unpaired) electrons. The van der Waals surface area contributed by atoms with Crippen LogP contribution in [0.2, 0.25) is 0 Å². The number of amides is 1. The molecule has 2 aromatic rings. The van der Waals surface area contributed by atoms with E-state index in [1.807, 2.05) is 0 Å². The second-order valence-electron chi connectivity index (χ2n) is 7.16. The zero-order valence-electron chi connectivity index (χ0n) is 16.9. The molecule has 5 nitrogen and oxygen atoms in total. The number of hydrogen-bond acceptors (Lipinski definition) is 5. The fraction of sp³-hybridized carbons (Fsp3) is 0.455. The van der Waals surface area contributed by atoms with E-state index in [2.05, 4.69) is 27.0 Å². The lowest BCUT2D eigenvalue weighted by Crippen LogP contribution is -2.46. The van der Waals surface area contributed by atoms with Gasteiger partial charge in [0.1, 0.15) is 10.8 Å². The lowest BCUT2D eigenvalue weighted by Gasteiger charge is -2.33. The van der Waals surface area contributed by atoms with E-state index in [9.17, 15) is 9.18 Å². The number of carbonyl (C=O) groups excluding carboxylic acids is 1. The van der Waals surface area contributed by atoms with E-state index in [0.717, 1.165) is 51.3 Å². The minimum absolute atomic E-state index is 0.0875. The average molecular weight is 417 g/mol. The van der Waals surface area contributed by atoms with Gasteiger partial charge in [0.05, 0.1) is 5.56 Å². The smallest absolute Gasteiger partial charge is 0.254 e. The van der Waals surface area contributed by atoms with E-state index < -0.39 is 0 Å². The topological polar surface area (TPSA) is 48.5 Å². The number of nitrogens with zero attached hydrogens (tertiary/aromatic N) is 3. The first kappa shape index (κ1) is 21.7. The summed E-state index contributed by atoms with van der Waals surface area (Å²) < 4.78 is 13.0. The number of benzene rings is 1. The first-order valence-electron chi connectivity index (χ1n) is 10.2. The molecule has 0 unspecified atom stereocenters. The Kier molecular flexibility index (Phi) is 8.46. The van der Waals surface area contributed by atoms with Crippen LogP contribution in [0.4, 0.5) is 4.39 Å². The number of pyridine rings is 1. The molecule has 0 atom stereocenters. The maximum Gasteiger partial charge on any atom is 0.254 e. The Hall–Kier alpha value is -1.96. The van der Waals surface area contributed by atoms with Gasteiger partial charge in [0.15, 0.2) is 0 Å². The molecule has 0 aliphatic carbocycles. The molecule has 2 heterocycles. The molecule has 1 aromatic heterocycles. The van der Waals surface area contributed by atoms with Crippen LogP contribution in [-0.2, 0) is 5.75 Å². The number of halogens is 1. The van der Waals surface area contributed by atoms with E-state index in [1.54, 1.807) is 30.5 Å². The van der Waals surface area contributed by atoms with Crippen LogP contribution in [0.1, 0.15) is 29.3 Å². The zero-order chi connectivity index (χ0) is 20.5. The minimum Gasteiger partial charge on any atom is -0.352 e. The Balaban J connectivity index is 1.44.